The first-order chi connectivity index (χ1) is 9.24. The summed E-state index contributed by atoms with van der Waals surface area (Å²) in [7, 11) is 0. The average Bonchev–Trinajstić information content (AvgIpc) is 2.88. The third kappa shape index (κ3) is 2.62. The number of fused-ring (bicyclic) bond motifs is 1. The van der Waals surface area contributed by atoms with Gasteiger partial charge in [-0.1, -0.05) is 0 Å². The summed E-state index contributed by atoms with van der Waals surface area (Å²) < 4.78 is 1.06. The van der Waals surface area contributed by atoms with Crippen LogP contribution in [-0.2, 0) is 0 Å². The first-order valence-electron chi connectivity index (χ1n) is 6.61. The zero-order chi connectivity index (χ0) is 13.2. The molecular weight excluding hydrogens is 258 g/mol. The van der Waals surface area contributed by atoms with Gasteiger partial charge in [0.25, 0.3) is 5.91 Å². The number of carbonyl (C=O) groups excluding carboxylic acids is 1. The molecule has 0 spiro atoms. The zero-order valence-corrected chi connectivity index (χ0v) is 11.7. The second kappa shape index (κ2) is 5.27. The highest BCUT2D eigenvalue weighted by atomic mass is 32.1. The molecule has 19 heavy (non-hydrogen) atoms. The second-order valence-corrected chi connectivity index (χ2v) is 5.89. The fourth-order valence-corrected chi connectivity index (χ4v) is 3.21. The zero-order valence-electron chi connectivity index (χ0n) is 10.8. The molecule has 0 radical (unpaired) electrons. The van der Waals surface area contributed by atoms with Crippen LogP contribution in [0.3, 0.4) is 0 Å². The van der Waals surface area contributed by atoms with Gasteiger partial charge in [0.05, 0.1) is 15.7 Å². The summed E-state index contributed by atoms with van der Waals surface area (Å²) in [5, 5.41) is 6.52. The van der Waals surface area contributed by atoms with E-state index in [-0.39, 0.29) is 11.9 Å². The first-order valence-corrected chi connectivity index (χ1v) is 7.49. The number of nitrogens with zero attached hydrogens (tertiary/aromatic N) is 1. The quantitative estimate of drug-likeness (QED) is 0.883. The molecule has 1 saturated heterocycles. The van der Waals surface area contributed by atoms with Gasteiger partial charge >= 0.3 is 0 Å². The minimum absolute atomic E-state index is 0.0100. The molecule has 1 aliphatic rings. The summed E-state index contributed by atoms with van der Waals surface area (Å²) in [4.78, 5) is 16.5. The van der Waals surface area contributed by atoms with Crippen molar-refractivity contribution in [1.82, 2.24) is 15.6 Å². The fourth-order valence-electron chi connectivity index (χ4n) is 2.49. The Balaban J connectivity index is 1.75. The van der Waals surface area contributed by atoms with Gasteiger partial charge in [-0.05, 0) is 44.5 Å². The highest BCUT2D eigenvalue weighted by Crippen LogP contribution is 2.19. The van der Waals surface area contributed by atoms with Crippen molar-refractivity contribution in [2.45, 2.75) is 31.8 Å². The van der Waals surface area contributed by atoms with E-state index in [1.807, 2.05) is 18.2 Å². The molecule has 3 rings (SSSR count). The van der Waals surface area contributed by atoms with Gasteiger partial charge in [-0.2, -0.15) is 0 Å². The third-order valence-electron chi connectivity index (χ3n) is 3.67. The van der Waals surface area contributed by atoms with Crippen LogP contribution in [0.15, 0.2) is 23.7 Å². The van der Waals surface area contributed by atoms with E-state index in [9.17, 15) is 4.79 Å². The van der Waals surface area contributed by atoms with Gasteiger partial charge < -0.3 is 10.6 Å². The van der Waals surface area contributed by atoms with E-state index in [1.165, 1.54) is 0 Å². The molecule has 0 bridgehead atoms. The number of carbonyl (C=O) groups is 1. The number of rotatable bonds is 2. The van der Waals surface area contributed by atoms with Crippen LogP contribution in [0, 0.1) is 0 Å². The van der Waals surface area contributed by atoms with Crippen LogP contribution in [-0.4, -0.2) is 29.5 Å². The van der Waals surface area contributed by atoms with Crippen molar-refractivity contribution in [3.05, 3.63) is 29.3 Å². The summed E-state index contributed by atoms with van der Waals surface area (Å²) in [5.74, 6) is 0.0100. The van der Waals surface area contributed by atoms with Gasteiger partial charge in [-0.15, -0.1) is 11.3 Å². The Hall–Kier alpha value is -1.46. The van der Waals surface area contributed by atoms with Crippen molar-refractivity contribution in [3.63, 3.8) is 0 Å². The van der Waals surface area contributed by atoms with Crippen LogP contribution >= 0.6 is 11.3 Å². The van der Waals surface area contributed by atoms with Crippen molar-refractivity contribution in [2.24, 2.45) is 0 Å². The van der Waals surface area contributed by atoms with E-state index in [0.717, 1.165) is 35.2 Å². The Morgan fingerprint density at radius 1 is 1.53 bits per heavy atom. The number of aromatic nitrogens is 1. The number of hydrogen-bond donors (Lipinski definition) is 2. The molecule has 1 aromatic carbocycles. The molecule has 2 aromatic rings. The predicted octanol–water partition coefficient (Wildman–Crippen LogP) is 2.17. The van der Waals surface area contributed by atoms with Crippen LogP contribution in [0.2, 0.25) is 0 Å². The SMILES string of the molecule is CC1NCCCC1NC(=O)c1ccc2ncsc2c1. The summed E-state index contributed by atoms with van der Waals surface area (Å²) in [6.45, 7) is 3.16. The van der Waals surface area contributed by atoms with Gasteiger partial charge in [-0.3, -0.25) is 4.79 Å². The van der Waals surface area contributed by atoms with Gasteiger partial charge in [0.15, 0.2) is 0 Å². The number of piperidine rings is 1. The number of amides is 1. The highest BCUT2D eigenvalue weighted by Gasteiger charge is 2.22. The van der Waals surface area contributed by atoms with E-state index in [0.29, 0.717) is 6.04 Å². The summed E-state index contributed by atoms with van der Waals surface area (Å²) in [5.41, 5.74) is 3.48. The summed E-state index contributed by atoms with van der Waals surface area (Å²) in [6, 6.07) is 6.23. The lowest BCUT2D eigenvalue weighted by molar-refractivity contribution is 0.0920. The molecule has 1 aliphatic heterocycles. The molecule has 1 amide bonds. The van der Waals surface area contributed by atoms with Crippen molar-refractivity contribution in [1.29, 1.82) is 0 Å². The number of thiazole rings is 1. The third-order valence-corrected chi connectivity index (χ3v) is 4.46. The maximum atomic E-state index is 12.3. The molecule has 2 unspecified atom stereocenters. The van der Waals surface area contributed by atoms with Gasteiger partial charge in [0.1, 0.15) is 0 Å². The number of benzene rings is 1. The van der Waals surface area contributed by atoms with Crippen LogP contribution in [0.1, 0.15) is 30.1 Å². The van der Waals surface area contributed by atoms with Crippen LogP contribution in [0.25, 0.3) is 10.2 Å². The molecule has 4 nitrogen and oxygen atoms in total. The average molecular weight is 275 g/mol. The topological polar surface area (TPSA) is 54.0 Å². The molecule has 5 heteroatoms. The van der Waals surface area contributed by atoms with Gasteiger partial charge in [0, 0.05) is 17.6 Å². The van der Waals surface area contributed by atoms with Crippen molar-refractivity contribution in [2.75, 3.05) is 6.54 Å². The second-order valence-electron chi connectivity index (χ2n) is 5.00. The van der Waals surface area contributed by atoms with E-state index < -0.39 is 0 Å². The van der Waals surface area contributed by atoms with Crippen molar-refractivity contribution in [3.8, 4) is 0 Å². The first kappa shape index (κ1) is 12.6. The smallest absolute Gasteiger partial charge is 0.251 e. The Bertz CT molecular complexity index is 595. The van der Waals surface area contributed by atoms with Gasteiger partial charge in [-0.25, -0.2) is 4.98 Å². The highest BCUT2D eigenvalue weighted by molar-refractivity contribution is 7.16. The lowest BCUT2D eigenvalue weighted by Gasteiger charge is -2.30. The van der Waals surface area contributed by atoms with Crippen molar-refractivity contribution >= 4 is 27.5 Å². The van der Waals surface area contributed by atoms with E-state index in [4.69, 9.17) is 0 Å². The Kier molecular flexibility index (Phi) is 3.48. The molecule has 2 N–H and O–H groups in total. The molecule has 1 fully saturated rings. The fraction of sp³-hybridized carbons (Fsp3) is 0.429. The standard InChI is InChI=1S/C14H17N3OS/c1-9-11(3-2-6-15-9)17-14(18)10-4-5-12-13(7-10)19-8-16-12/h4-5,7-9,11,15H,2-3,6H2,1H3,(H,17,18). The number of hydrogen-bond acceptors (Lipinski definition) is 4. The Labute approximate surface area is 116 Å². The van der Waals surface area contributed by atoms with Crippen LogP contribution in [0.5, 0.6) is 0 Å². The maximum Gasteiger partial charge on any atom is 0.251 e. The monoisotopic (exact) mass is 275 g/mol. The molecule has 100 valence electrons. The van der Waals surface area contributed by atoms with Crippen LogP contribution in [0.4, 0.5) is 0 Å². The largest absolute Gasteiger partial charge is 0.348 e. The van der Waals surface area contributed by atoms with Crippen molar-refractivity contribution < 1.29 is 4.79 Å². The molecular formula is C14H17N3OS. The molecule has 0 aliphatic carbocycles. The van der Waals surface area contributed by atoms with E-state index in [2.05, 4.69) is 22.5 Å². The minimum Gasteiger partial charge on any atom is -0.348 e. The molecule has 2 heterocycles. The van der Waals surface area contributed by atoms with E-state index >= 15 is 0 Å². The Morgan fingerprint density at radius 3 is 3.26 bits per heavy atom. The summed E-state index contributed by atoms with van der Waals surface area (Å²) in [6.07, 6.45) is 2.16. The maximum absolute atomic E-state index is 12.3. The minimum atomic E-state index is 0.0100. The normalized spacial score (nSPS) is 23.4. The summed E-state index contributed by atoms with van der Waals surface area (Å²) >= 11 is 1.56. The molecule has 1 aromatic heterocycles. The number of nitrogens with one attached hydrogen (secondary N) is 2. The van der Waals surface area contributed by atoms with Gasteiger partial charge in [0.2, 0.25) is 0 Å². The molecule has 0 saturated carbocycles. The molecule has 2 atom stereocenters. The Morgan fingerprint density at radius 2 is 2.42 bits per heavy atom. The van der Waals surface area contributed by atoms with Crippen LogP contribution < -0.4 is 10.6 Å². The predicted molar refractivity (Wildman–Crippen MR) is 77.6 cm³/mol. The van der Waals surface area contributed by atoms with E-state index in [1.54, 1.807) is 16.8 Å². The lowest BCUT2D eigenvalue weighted by Crippen LogP contribution is -2.51. The lowest BCUT2D eigenvalue weighted by atomic mass is 9.99.